The second kappa shape index (κ2) is 3.57. The Balaban J connectivity index is 2.05. The SMILES string of the molecule is O=C1C=C2CC3=CC(=O)C(=O)C=C3CC2=CC1=O. The van der Waals surface area contributed by atoms with Crippen molar-refractivity contribution in [3.05, 3.63) is 46.6 Å². The van der Waals surface area contributed by atoms with Gasteiger partial charge < -0.3 is 0 Å². The lowest BCUT2D eigenvalue weighted by Crippen LogP contribution is -2.22. The average Bonchev–Trinajstić information content (AvgIpc) is 2.31. The number of carbonyl (C=O) groups excluding carboxylic acids is 4. The molecule has 0 heterocycles. The molecular weight excluding hydrogens is 232 g/mol. The Bertz CT molecular complexity index is 539. The van der Waals surface area contributed by atoms with Gasteiger partial charge in [0.15, 0.2) is 0 Å². The topological polar surface area (TPSA) is 68.3 Å². The molecule has 88 valence electrons. The summed E-state index contributed by atoms with van der Waals surface area (Å²) in [6, 6.07) is 0. The minimum atomic E-state index is -0.528. The quantitative estimate of drug-likeness (QED) is 0.463. The highest BCUT2D eigenvalue weighted by Gasteiger charge is 2.29. The van der Waals surface area contributed by atoms with Crippen LogP contribution in [0.5, 0.6) is 0 Å². The fourth-order valence-corrected chi connectivity index (χ4v) is 2.36. The molecule has 3 aliphatic carbocycles. The average molecular weight is 240 g/mol. The van der Waals surface area contributed by atoms with Gasteiger partial charge in [-0.1, -0.05) is 0 Å². The van der Waals surface area contributed by atoms with E-state index in [0.29, 0.717) is 12.8 Å². The number of allylic oxidation sites excluding steroid dienone is 8. The third kappa shape index (κ3) is 1.54. The summed E-state index contributed by atoms with van der Waals surface area (Å²) in [5.74, 6) is -2.11. The van der Waals surface area contributed by atoms with Crippen molar-refractivity contribution in [2.24, 2.45) is 0 Å². The number of rotatable bonds is 0. The standard InChI is InChI=1S/C14H8O4/c15-11-3-7-1-8-4-12(16)14(18)6-10(8)2-9(7)5-13(11)17/h3-6H,1-2H2. The van der Waals surface area contributed by atoms with E-state index in [1.54, 1.807) is 0 Å². The van der Waals surface area contributed by atoms with Crippen LogP contribution in [0.2, 0.25) is 0 Å². The van der Waals surface area contributed by atoms with E-state index >= 15 is 0 Å². The molecule has 0 atom stereocenters. The number of hydrogen-bond donors (Lipinski definition) is 0. The van der Waals surface area contributed by atoms with Gasteiger partial charge in [-0.15, -0.1) is 0 Å². The predicted molar refractivity (Wildman–Crippen MR) is 61.6 cm³/mol. The van der Waals surface area contributed by atoms with Gasteiger partial charge in [0.05, 0.1) is 0 Å². The van der Waals surface area contributed by atoms with Crippen LogP contribution in [0.3, 0.4) is 0 Å². The van der Waals surface area contributed by atoms with Crippen molar-refractivity contribution in [3.8, 4) is 0 Å². The highest BCUT2D eigenvalue weighted by Crippen LogP contribution is 2.39. The molecule has 0 aliphatic heterocycles. The minimum Gasteiger partial charge on any atom is -0.286 e. The van der Waals surface area contributed by atoms with E-state index in [0.717, 1.165) is 22.3 Å². The normalized spacial score (nSPS) is 22.7. The van der Waals surface area contributed by atoms with Crippen LogP contribution >= 0.6 is 0 Å². The van der Waals surface area contributed by atoms with E-state index in [2.05, 4.69) is 0 Å². The smallest absolute Gasteiger partial charge is 0.226 e. The molecular formula is C14H8O4. The molecule has 18 heavy (non-hydrogen) atoms. The van der Waals surface area contributed by atoms with Crippen LogP contribution in [-0.2, 0) is 19.2 Å². The molecule has 1 fully saturated rings. The first-order valence-corrected chi connectivity index (χ1v) is 5.54. The van der Waals surface area contributed by atoms with Gasteiger partial charge in [-0.3, -0.25) is 19.2 Å². The van der Waals surface area contributed by atoms with Crippen molar-refractivity contribution in [1.29, 1.82) is 0 Å². The minimum absolute atomic E-state index is 0.426. The van der Waals surface area contributed by atoms with Crippen molar-refractivity contribution >= 4 is 23.1 Å². The fourth-order valence-electron chi connectivity index (χ4n) is 2.36. The zero-order valence-electron chi connectivity index (χ0n) is 9.36. The van der Waals surface area contributed by atoms with Gasteiger partial charge in [0, 0.05) is 0 Å². The number of ketones is 4. The van der Waals surface area contributed by atoms with Crippen LogP contribution in [-0.4, -0.2) is 23.1 Å². The highest BCUT2D eigenvalue weighted by molar-refractivity contribution is 6.47. The predicted octanol–water partition coefficient (Wildman–Crippen LogP) is 0.789. The van der Waals surface area contributed by atoms with Crippen molar-refractivity contribution in [2.75, 3.05) is 0 Å². The molecule has 0 saturated heterocycles. The molecule has 0 unspecified atom stereocenters. The second-order valence-corrected chi connectivity index (χ2v) is 4.49. The Morgan fingerprint density at radius 1 is 0.500 bits per heavy atom. The van der Waals surface area contributed by atoms with Gasteiger partial charge in [0.2, 0.25) is 23.1 Å². The zero-order valence-corrected chi connectivity index (χ0v) is 9.36. The zero-order chi connectivity index (χ0) is 12.9. The molecule has 3 rings (SSSR count). The number of carbonyl (C=O) groups is 4. The van der Waals surface area contributed by atoms with E-state index in [1.165, 1.54) is 24.3 Å². The lowest BCUT2D eigenvalue weighted by Gasteiger charge is -2.26. The first-order valence-electron chi connectivity index (χ1n) is 5.54. The van der Waals surface area contributed by atoms with Gasteiger partial charge in [-0.25, -0.2) is 0 Å². The number of hydrogen-bond acceptors (Lipinski definition) is 4. The molecule has 0 amide bonds. The van der Waals surface area contributed by atoms with Crippen molar-refractivity contribution in [3.63, 3.8) is 0 Å². The van der Waals surface area contributed by atoms with Crippen LogP contribution in [0, 0.1) is 0 Å². The lowest BCUT2D eigenvalue weighted by molar-refractivity contribution is -0.131. The van der Waals surface area contributed by atoms with E-state index < -0.39 is 23.1 Å². The summed E-state index contributed by atoms with van der Waals surface area (Å²) in [6.07, 6.45) is 6.17. The molecule has 0 aromatic heterocycles. The summed E-state index contributed by atoms with van der Waals surface area (Å²) in [6.45, 7) is 0. The van der Waals surface area contributed by atoms with Crippen LogP contribution in [0.1, 0.15) is 12.8 Å². The molecule has 0 aromatic rings. The van der Waals surface area contributed by atoms with Crippen LogP contribution in [0.25, 0.3) is 0 Å². The van der Waals surface area contributed by atoms with Gasteiger partial charge in [0.25, 0.3) is 0 Å². The van der Waals surface area contributed by atoms with Crippen LogP contribution in [0.4, 0.5) is 0 Å². The monoisotopic (exact) mass is 240 g/mol. The summed E-state index contributed by atoms with van der Waals surface area (Å²) < 4.78 is 0. The molecule has 0 spiro atoms. The second-order valence-electron chi connectivity index (χ2n) is 4.49. The van der Waals surface area contributed by atoms with Gasteiger partial charge in [0.1, 0.15) is 0 Å². The first kappa shape index (κ1) is 10.8. The third-order valence-electron chi connectivity index (χ3n) is 3.29. The molecule has 0 radical (unpaired) electrons. The highest BCUT2D eigenvalue weighted by atomic mass is 16.2. The van der Waals surface area contributed by atoms with E-state index in [1.807, 2.05) is 0 Å². The maximum absolute atomic E-state index is 11.3. The molecule has 4 heteroatoms. The summed E-state index contributed by atoms with van der Waals surface area (Å²) in [7, 11) is 0. The van der Waals surface area contributed by atoms with Gasteiger partial charge >= 0.3 is 0 Å². The Kier molecular flexibility index (Phi) is 2.13. The lowest BCUT2D eigenvalue weighted by atomic mass is 9.76. The van der Waals surface area contributed by atoms with Crippen molar-refractivity contribution < 1.29 is 19.2 Å². The number of fused-ring (bicyclic) bond motifs is 2. The Morgan fingerprint density at radius 3 is 0.944 bits per heavy atom. The Hall–Kier alpha value is -2.36. The molecule has 4 nitrogen and oxygen atoms in total. The largest absolute Gasteiger partial charge is 0.286 e. The molecule has 0 bridgehead atoms. The molecule has 0 N–H and O–H groups in total. The maximum atomic E-state index is 11.3. The summed E-state index contributed by atoms with van der Waals surface area (Å²) >= 11 is 0. The fraction of sp³-hybridized carbons (Fsp3) is 0.143. The van der Waals surface area contributed by atoms with Crippen LogP contribution in [0.15, 0.2) is 46.6 Å². The summed E-state index contributed by atoms with van der Waals surface area (Å²) in [5.41, 5.74) is 3.07. The molecule has 3 aliphatic rings. The Labute approximate surface area is 102 Å². The van der Waals surface area contributed by atoms with E-state index in [4.69, 9.17) is 0 Å². The Morgan fingerprint density at radius 2 is 0.722 bits per heavy atom. The summed E-state index contributed by atoms with van der Waals surface area (Å²) in [4.78, 5) is 45.2. The van der Waals surface area contributed by atoms with Crippen molar-refractivity contribution in [1.82, 2.24) is 0 Å². The van der Waals surface area contributed by atoms with Crippen LogP contribution < -0.4 is 0 Å². The van der Waals surface area contributed by atoms with E-state index in [9.17, 15) is 19.2 Å². The third-order valence-corrected chi connectivity index (χ3v) is 3.29. The summed E-state index contributed by atoms with van der Waals surface area (Å²) in [5, 5.41) is 0. The molecule has 0 aromatic carbocycles. The maximum Gasteiger partial charge on any atom is 0.226 e. The van der Waals surface area contributed by atoms with Crippen molar-refractivity contribution in [2.45, 2.75) is 12.8 Å². The van der Waals surface area contributed by atoms with Gasteiger partial charge in [-0.2, -0.15) is 0 Å². The molecule has 1 saturated carbocycles. The first-order chi connectivity index (χ1) is 8.54. The van der Waals surface area contributed by atoms with E-state index in [-0.39, 0.29) is 0 Å². The van der Waals surface area contributed by atoms with Gasteiger partial charge in [-0.05, 0) is 59.4 Å².